The number of carbonyl (C=O) groups is 2. The number of rotatable bonds is 13. The number of halogens is 4. The number of fused-ring (bicyclic) bond motifs is 2. The first kappa shape index (κ1) is 41.1. The highest BCUT2D eigenvalue weighted by Gasteiger charge is 2.50. The number of alkyl halides is 3. The van der Waals surface area contributed by atoms with E-state index in [0.717, 1.165) is 40.7 Å². The van der Waals surface area contributed by atoms with Gasteiger partial charge in [-0.15, -0.1) is 0 Å². The van der Waals surface area contributed by atoms with Crippen LogP contribution in [0, 0.1) is 13.8 Å². The average molecular weight is 836 g/mol. The predicted molar refractivity (Wildman–Crippen MR) is 216 cm³/mol. The van der Waals surface area contributed by atoms with Gasteiger partial charge in [-0.3, -0.25) is 9.69 Å². The molecule has 1 N–H and O–H groups in total. The quantitative estimate of drug-likeness (QED) is 0.135. The van der Waals surface area contributed by atoms with Gasteiger partial charge in [0.05, 0.1) is 31.3 Å². The zero-order valence-corrected chi connectivity index (χ0v) is 34.9. The van der Waals surface area contributed by atoms with Gasteiger partial charge in [-0.2, -0.15) is 0 Å². The molecule has 55 heavy (non-hydrogen) atoms. The third-order valence-electron chi connectivity index (χ3n) is 10.4. The SMILES string of the molecule is COc1cc(CN(C(=O)C2=C(c3ccc(OCCOc4cc(C)c(C)cc4Cl)cc3)CC3CNC[C@H]2N3C(=O)OC(C)(C)C(Cl)(Cl)Cl)C2CC2)cc(OC)c1. The molecule has 2 aliphatic heterocycles. The van der Waals surface area contributed by atoms with Gasteiger partial charge < -0.3 is 33.9 Å². The lowest BCUT2D eigenvalue weighted by atomic mass is 9.82. The maximum Gasteiger partial charge on any atom is 0.411 e. The first-order valence-electron chi connectivity index (χ1n) is 18.3. The molecule has 1 saturated heterocycles. The number of hydrogen-bond acceptors (Lipinski definition) is 8. The Balaban J connectivity index is 1.30. The number of hydrogen-bond donors (Lipinski definition) is 1. The molecule has 0 aromatic heterocycles. The number of carbonyl (C=O) groups excluding carboxylic acids is 2. The molecule has 3 aromatic rings. The minimum absolute atomic E-state index is 0.0353. The van der Waals surface area contributed by atoms with Crippen molar-refractivity contribution in [3.63, 3.8) is 0 Å². The van der Waals surface area contributed by atoms with E-state index in [4.69, 9.17) is 70.1 Å². The van der Waals surface area contributed by atoms with Crippen molar-refractivity contribution in [3.05, 3.63) is 87.4 Å². The Morgan fingerprint density at radius 2 is 1.51 bits per heavy atom. The van der Waals surface area contributed by atoms with Crippen LogP contribution < -0.4 is 24.3 Å². The summed E-state index contributed by atoms with van der Waals surface area (Å²) < 4.78 is 27.0. The Kier molecular flexibility index (Phi) is 12.6. The number of amides is 2. The molecule has 0 spiro atoms. The topological polar surface area (TPSA) is 98.8 Å². The number of benzene rings is 3. The van der Waals surface area contributed by atoms with Crippen molar-refractivity contribution in [2.24, 2.45) is 0 Å². The molecule has 2 atom stereocenters. The molecule has 2 heterocycles. The van der Waals surface area contributed by atoms with Crippen LogP contribution in [0.25, 0.3) is 5.57 Å². The van der Waals surface area contributed by atoms with Crippen LogP contribution in [0.3, 0.4) is 0 Å². The van der Waals surface area contributed by atoms with E-state index in [1.54, 1.807) is 39.0 Å². The van der Waals surface area contributed by atoms with E-state index in [0.29, 0.717) is 72.9 Å². The molecule has 3 aromatic carbocycles. The number of aryl methyl sites for hydroxylation is 2. The highest BCUT2D eigenvalue weighted by atomic mass is 35.6. The molecule has 2 bridgehead atoms. The second-order valence-corrected chi connectivity index (χ2v) is 17.4. The number of methoxy groups -OCH3 is 2. The van der Waals surface area contributed by atoms with Gasteiger partial charge in [0.2, 0.25) is 3.79 Å². The molecule has 1 saturated carbocycles. The van der Waals surface area contributed by atoms with Gasteiger partial charge in [-0.05, 0) is 111 Å². The van der Waals surface area contributed by atoms with Crippen molar-refractivity contribution in [2.45, 2.75) is 81.0 Å². The Bertz CT molecular complexity index is 1910. The lowest BCUT2D eigenvalue weighted by Crippen LogP contribution is -2.64. The molecular weight excluding hydrogens is 788 g/mol. The Morgan fingerprint density at radius 1 is 0.873 bits per heavy atom. The van der Waals surface area contributed by atoms with E-state index in [-0.39, 0.29) is 18.0 Å². The molecule has 0 radical (unpaired) electrons. The van der Waals surface area contributed by atoms with Crippen LogP contribution in [-0.2, 0) is 16.1 Å². The summed E-state index contributed by atoms with van der Waals surface area (Å²) in [5.41, 5.74) is 3.85. The maximum atomic E-state index is 15.1. The third-order valence-corrected chi connectivity index (χ3v) is 12.0. The van der Waals surface area contributed by atoms with Gasteiger partial charge in [0.1, 0.15) is 36.2 Å². The molecule has 1 unspecified atom stereocenters. The van der Waals surface area contributed by atoms with Crippen LogP contribution in [-0.4, -0.2) is 89.8 Å². The monoisotopic (exact) mass is 833 g/mol. The van der Waals surface area contributed by atoms with Crippen molar-refractivity contribution in [3.8, 4) is 23.0 Å². The minimum atomic E-state index is -1.88. The van der Waals surface area contributed by atoms with Gasteiger partial charge in [0.25, 0.3) is 5.91 Å². The molecule has 10 nitrogen and oxygen atoms in total. The standard InChI is InChI=1S/C41H47Cl4N3O7/c1-24-15-34(42)36(16-25(24)2)54-14-13-53-30-11-7-27(8-12-30)33-19-29-21-46-22-35(48(29)39(50)55-40(3,4)41(43,44)45)37(33)38(49)47(28-9-10-28)23-26-17-31(51-5)20-32(18-26)52-6/h7-8,11-12,15-18,20,28-29,35,46H,9-10,13-14,19,21-23H2,1-6H3/t29?,35-/m1/s1. The fourth-order valence-electron chi connectivity index (χ4n) is 6.94. The van der Waals surface area contributed by atoms with E-state index in [1.807, 2.05) is 67.3 Å². The second-order valence-electron chi connectivity index (χ2n) is 14.7. The van der Waals surface area contributed by atoms with Crippen LogP contribution in [0.4, 0.5) is 4.79 Å². The van der Waals surface area contributed by atoms with Crippen molar-refractivity contribution < 1.29 is 33.3 Å². The van der Waals surface area contributed by atoms with Crippen LogP contribution in [0.5, 0.6) is 23.0 Å². The highest BCUT2D eigenvalue weighted by Crippen LogP contribution is 2.44. The van der Waals surface area contributed by atoms with Crippen molar-refractivity contribution in [2.75, 3.05) is 40.5 Å². The predicted octanol–water partition coefficient (Wildman–Crippen LogP) is 8.71. The lowest BCUT2D eigenvalue weighted by molar-refractivity contribution is -0.129. The molecular formula is C41H47Cl4N3O7. The van der Waals surface area contributed by atoms with Crippen molar-refractivity contribution in [1.82, 2.24) is 15.1 Å². The average Bonchev–Trinajstić information content (AvgIpc) is 3.99. The molecule has 14 heteroatoms. The summed E-state index contributed by atoms with van der Waals surface area (Å²) in [5.74, 6) is 2.36. The third kappa shape index (κ3) is 9.37. The second kappa shape index (κ2) is 16.9. The van der Waals surface area contributed by atoms with Gasteiger partial charge in [-0.1, -0.05) is 58.5 Å². The summed E-state index contributed by atoms with van der Waals surface area (Å²) in [5, 5.41) is 4.00. The Hall–Kier alpha value is -3.54. The first-order valence-corrected chi connectivity index (χ1v) is 19.8. The van der Waals surface area contributed by atoms with Gasteiger partial charge in [-0.25, -0.2) is 4.79 Å². The lowest BCUT2D eigenvalue weighted by Gasteiger charge is -2.48. The van der Waals surface area contributed by atoms with Crippen molar-refractivity contribution >= 4 is 64.0 Å². The van der Waals surface area contributed by atoms with E-state index in [9.17, 15) is 4.79 Å². The molecule has 6 rings (SSSR count). The Labute approximate surface area is 342 Å². The number of nitrogens with one attached hydrogen (secondary N) is 1. The molecule has 1 aliphatic carbocycles. The van der Waals surface area contributed by atoms with Crippen LogP contribution in [0.1, 0.15) is 55.4 Å². The molecule has 3 aliphatic rings. The van der Waals surface area contributed by atoms with Crippen LogP contribution in [0.2, 0.25) is 5.02 Å². The van der Waals surface area contributed by atoms with Crippen LogP contribution in [0.15, 0.2) is 60.2 Å². The summed E-state index contributed by atoms with van der Waals surface area (Å²) in [6.07, 6.45) is 1.48. The highest BCUT2D eigenvalue weighted by molar-refractivity contribution is 6.68. The first-order chi connectivity index (χ1) is 26.1. The van der Waals surface area contributed by atoms with Gasteiger partial charge in [0, 0.05) is 37.3 Å². The van der Waals surface area contributed by atoms with E-state index < -0.39 is 21.5 Å². The largest absolute Gasteiger partial charge is 0.497 e. The normalized spacial score (nSPS) is 18.5. The molecule has 2 fully saturated rings. The summed E-state index contributed by atoms with van der Waals surface area (Å²) >= 11 is 25.1. The van der Waals surface area contributed by atoms with E-state index in [1.165, 1.54) is 0 Å². The smallest absolute Gasteiger partial charge is 0.411 e. The minimum Gasteiger partial charge on any atom is -0.497 e. The number of nitrogens with zero attached hydrogens (tertiary/aromatic N) is 2. The molecule has 2 amide bonds. The fraction of sp³-hybridized carbons (Fsp3) is 0.463. The van der Waals surface area contributed by atoms with Crippen molar-refractivity contribution in [1.29, 1.82) is 0 Å². The zero-order valence-electron chi connectivity index (χ0n) is 31.8. The zero-order chi connectivity index (χ0) is 39.7. The maximum absolute atomic E-state index is 15.1. The summed E-state index contributed by atoms with van der Waals surface area (Å²) in [4.78, 5) is 32.7. The summed E-state index contributed by atoms with van der Waals surface area (Å²) in [6, 6.07) is 16.2. The van der Waals surface area contributed by atoms with Gasteiger partial charge >= 0.3 is 6.09 Å². The van der Waals surface area contributed by atoms with E-state index >= 15 is 4.79 Å². The Morgan fingerprint density at radius 3 is 2.13 bits per heavy atom. The van der Waals surface area contributed by atoms with E-state index in [2.05, 4.69) is 5.32 Å². The fourth-order valence-corrected chi connectivity index (χ4v) is 7.33. The van der Waals surface area contributed by atoms with Crippen LogP contribution >= 0.6 is 46.4 Å². The van der Waals surface area contributed by atoms with Gasteiger partial charge in [0.15, 0.2) is 5.60 Å². The summed E-state index contributed by atoms with van der Waals surface area (Å²) in [7, 11) is 3.19. The molecule has 296 valence electrons. The number of piperazine rings is 1. The summed E-state index contributed by atoms with van der Waals surface area (Å²) in [6.45, 7) is 8.88. The number of ether oxygens (including phenoxy) is 5.